The van der Waals surface area contributed by atoms with Crippen molar-refractivity contribution in [3.8, 4) is 5.75 Å². The molecule has 0 radical (unpaired) electrons. The first-order chi connectivity index (χ1) is 9.08. The van der Waals surface area contributed by atoms with E-state index < -0.39 is 12.9 Å². The molecule has 2 rings (SSSR count). The highest BCUT2D eigenvalue weighted by atomic mass is 35.5. The molecule has 3 nitrogen and oxygen atoms in total. The minimum atomic E-state index is -1.51. The van der Waals surface area contributed by atoms with Crippen LogP contribution in [-0.4, -0.2) is 17.2 Å². The Kier molecular flexibility index (Phi) is 4.42. The molecule has 6 heteroatoms. The van der Waals surface area contributed by atoms with E-state index in [-0.39, 0.29) is 11.6 Å². The maximum absolute atomic E-state index is 13.6. The summed E-state index contributed by atoms with van der Waals surface area (Å²) in [4.78, 5) is 0. The summed E-state index contributed by atoms with van der Waals surface area (Å²) in [6, 6.07) is 10.9. The first kappa shape index (κ1) is 13.9. The molecule has 0 aliphatic rings. The van der Waals surface area contributed by atoms with Crippen LogP contribution in [-0.2, 0) is 6.61 Å². The van der Waals surface area contributed by atoms with Gasteiger partial charge in [-0.2, -0.15) is 0 Å². The Labute approximate surface area is 115 Å². The van der Waals surface area contributed by atoms with Crippen molar-refractivity contribution in [2.45, 2.75) is 6.61 Å². The summed E-state index contributed by atoms with van der Waals surface area (Å²) in [6.45, 7) is 0.0490. The lowest BCUT2D eigenvalue weighted by atomic mass is 9.80. The number of halogens is 2. The van der Waals surface area contributed by atoms with Gasteiger partial charge in [0, 0.05) is 5.56 Å². The highest BCUT2D eigenvalue weighted by molar-refractivity contribution is 6.58. The normalized spacial score (nSPS) is 10.3. The van der Waals surface area contributed by atoms with Gasteiger partial charge in [-0.1, -0.05) is 35.9 Å². The second-order valence-electron chi connectivity index (χ2n) is 3.94. The Hall–Kier alpha value is -1.56. The molecule has 98 valence electrons. The Morgan fingerprint density at radius 3 is 2.42 bits per heavy atom. The van der Waals surface area contributed by atoms with Gasteiger partial charge >= 0.3 is 7.12 Å². The minimum absolute atomic E-state index is 0.0490. The first-order valence-corrected chi connectivity index (χ1v) is 5.97. The molecule has 2 aromatic rings. The van der Waals surface area contributed by atoms with Crippen LogP contribution in [0.2, 0.25) is 5.02 Å². The molecule has 0 atom stereocenters. The summed E-state index contributed by atoms with van der Waals surface area (Å²) in [5.41, 5.74) is 0.722. The van der Waals surface area contributed by atoms with Gasteiger partial charge in [0.05, 0.1) is 5.02 Å². The second kappa shape index (κ2) is 6.06. The Balaban J connectivity index is 2.04. The lowest BCUT2D eigenvalue weighted by Crippen LogP contribution is -2.29. The number of rotatable bonds is 4. The molecule has 2 aromatic carbocycles. The van der Waals surface area contributed by atoms with Crippen molar-refractivity contribution in [2.75, 3.05) is 0 Å². The standard InChI is InChI=1S/C13H11BClFO3/c15-12-3-1-2-9(13(12)16)8-19-11-6-4-10(5-7-11)14(17)18/h1-7,17-18H,8H2. The summed E-state index contributed by atoms with van der Waals surface area (Å²) >= 11 is 5.67. The van der Waals surface area contributed by atoms with E-state index in [1.807, 2.05) is 0 Å². The van der Waals surface area contributed by atoms with Gasteiger partial charge in [-0.05, 0) is 23.7 Å². The zero-order valence-electron chi connectivity index (χ0n) is 9.88. The highest BCUT2D eigenvalue weighted by Crippen LogP contribution is 2.19. The molecular formula is C13H11BClFO3. The van der Waals surface area contributed by atoms with Crippen molar-refractivity contribution in [3.05, 3.63) is 58.9 Å². The summed E-state index contributed by atoms with van der Waals surface area (Å²) in [5.74, 6) is 0.00958. The zero-order valence-corrected chi connectivity index (χ0v) is 10.6. The van der Waals surface area contributed by atoms with Crippen LogP contribution in [0.3, 0.4) is 0 Å². The molecule has 0 aromatic heterocycles. The van der Waals surface area contributed by atoms with Gasteiger partial charge in [0.15, 0.2) is 0 Å². The van der Waals surface area contributed by atoms with Crippen molar-refractivity contribution in [2.24, 2.45) is 0 Å². The van der Waals surface area contributed by atoms with Crippen LogP contribution in [0.4, 0.5) is 4.39 Å². The molecular weight excluding hydrogens is 269 g/mol. The molecule has 0 aliphatic carbocycles. The SMILES string of the molecule is OB(O)c1ccc(OCc2cccc(Cl)c2F)cc1. The van der Waals surface area contributed by atoms with Crippen LogP contribution >= 0.6 is 11.6 Å². The topological polar surface area (TPSA) is 49.7 Å². The van der Waals surface area contributed by atoms with E-state index in [0.717, 1.165) is 0 Å². The van der Waals surface area contributed by atoms with Crippen molar-refractivity contribution in [3.63, 3.8) is 0 Å². The van der Waals surface area contributed by atoms with E-state index in [2.05, 4.69) is 0 Å². The molecule has 0 unspecified atom stereocenters. The van der Waals surface area contributed by atoms with Crippen LogP contribution in [0.15, 0.2) is 42.5 Å². The fraction of sp³-hybridized carbons (Fsp3) is 0.0769. The second-order valence-corrected chi connectivity index (χ2v) is 4.35. The van der Waals surface area contributed by atoms with Gasteiger partial charge in [-0.15, -0.1) is 0 Å². The summed E-state index contributed by atoms with van der Waals surface area (Å²) in [7, 11) is -1.51. The molecule has 0 aliphatic heterocycles. The summed E-state index contributed by atoms with van der Waals surface area (Å²) in [5, 5.41) is 17.9. The molecule has 0 heterocycles. The van der Waals surface area contributed by atoms with Crippen molar-refractivity contribution >= 4 is 24.2 Å². The molecule has 0 bridgehead atoms. The van der Waals surface area contributed by atoms with E-state index in [1.165, 1.54) is 18.2 Å². The quantitative estimate of drug-likeness (QED) is 0.839. The monoisotopic (exact) mass is 280 g/mol. The van der Waals surface area contributed by atoms with Crippen LogP contribution in [0.5, 0.6) is 5.75 Å². The highest BCUT2D eigenvalue weighted by Gasteiger charge is 2.10. The van der Waals surface area contributed by atoms with Crippen molar-refractivity contribution in [1.29, 1.82) is 0 Å². The molecule has 19 heavy (non-hydrogen) atoms. The maximum Gasteiger partial charge on any atom is 0.488 e. The van der Waals surface area contributed by atoms with Crippen molar-refractivity contribution in [1.82, 2.24) is 0 Å². The van der Waals surface area contributed by atoms with Crippen LogP contribution < -0.4 is 10.2 Å². The van der Waals surface area contributed by atoms with Crippen LogP contribution in [0.1, 0.15) is 5.56 Å². The average Bonchev–Trinajstić information content (AvgIpc) is 2.41. The summed E-state index contributed by atoms with van der Waals surface area (Å²) < 4.78 is 19.0. The van der Waals surface area contributed by atoms with E-state index in [1.54, 1.807) is 24.3 Å². The third-order valence-electron chi connectivity index (χ3n) is 2.60. The number of hydrogen-bond donors (Lipinski definition) is 2. The number of ether oxygens (including phenoxy) is 1. The lowest BCUT2D eigenvalue weighted by Gasteiger charge is -2.08. The summed E-state index contributed by atoms with van der Waals surface area (Å²) in [6.07, 6.45) is 0. The molecule has 0 spiro atoms. The van der Waals surface area contributed by atoms with Gasteiger partial charge in [-0.3, -0.25) is 0 Å². The average molecular weight is 280 g/mol. The predicted molar refractivity (Wildman–Crippen MR) is 72.0 cm³/mol. The smallest absolute Gasteiger partial charge is 0.488 e. The largest absolute Gasteiger partial charge is 0.489 e. The molecule has 0 saturated heterocycles. The van der Waals surface area contributed by atoms with E-state index >= 15 is 0 Å². The van der Waals surface area contributed by atoms with Gasteiger partial charge in [0.1, 0.15) is 18.2 Å². The maximum atomic E-state index is 13.6. The van der Waals surface area contributed by atoms with Gasteiger partial charge in [0.2, 0.25) is 0 Å². The number of benzene rings is 2. The van der Waals surface area contributed by atoms with Gasteiger partial charge < -0.3 is 14.8 Å². The zero-order chi connectivity index (χ0) is 13.8. The molecule has 2 N–H and O–H groups in total. The number of hydrogen-bond acceptors (Lipinski definition) is 3. The Morgan fingerprint density at radius 2 is 1.79 bits per heavy atom. The molecule has 0 amide bonds. The lowest BCUT2D eigenvalue weighted by molar-refractivity contribution is 0.300. The van der Waals surface area contributed by atoms with Gasteiger partial charge in [0.25, 0.3) is 0 Å². The Bertz CT molecular complexity index is 560. The first-order valence-electron chi connectivity index (χ1n) is 5.59. The third kappa shape index (κ3) is 3.47. The van der Waals surface area contributed by atoms with E-state index in [9.17, 15) is 4.39 Å². The Morgan fingerprint density at radius 1 is 1.11 bits per heavy atom. The minimum Gasteiger partial charge on any atom is -0.489 e. The predicted octanol–water partition coefficient (Wildman–Crippen LogP) is 1.74. The van der Waals surface area contributed by atoms with E-state index in [0.29, 0.717) is 16.8 Å². The molecule has 0 saturated carbocycles. The fourth-order valence-corrected chi connectivity index (χ4v) is 1.75. The molecule has 0 fully saturated rings. The van der Waals surface area contributed by atoms with Crippen molar-refractivity contribution < 1.29 is 19.2 Å². The van der Waals surface area contributed by atoms with Crippen LogP contribution in [0.25, 0.3) is 0 Å². The fourth-order valence-electron chi connectivity index (χ4n) is 1.56. The third-order valence-corrected chi connectivity index (χ3v) is 2.90. The van der Waals surface area contributed by atoms with Gasteiger partial charge in [-0.25, -0.2) is 4.39 Å². The van der Waals surface area contributed by atoms with Crippen LogP contribution in [0, 0.1) is 5.82 Å². The van der Waals surface area contributed by atoms with E-state index in [4.69, 9.17) is 26.4 Å².